The summed E-state index contributed by atoms with van der Waals surface area (Å²) in [6.45, 7) is 0.212. The molecular weight excluding hydrogens is 173 g/mol. The van der Waals surface area contributed by atoms with Gasteiger partial charge < -0.3 is 16.7 Å². The van der Waals surface area contributed by atoms with E-state index in [9.17, 15) is 4.39 Å². The van der Waals surface area contributed by atoms with Crippen LogP contribution in [0.4, 0.5) is 4.39 Å². The zero-order chi connectivity index (χ0) is 9.84. The standard InChI is InChI=1S/C8H10FN3O/c9-7-2-5(4-10)1-6(3-7)8(11)12-13/h1-3,13H,4,10H2,(H2,11,12). The van der Waals surface area contributed by atoms with Crippen LogP contribution in [0, 0.1) is 5.82 Å². The second-order valence-electron chi connectivity index (χ2n) is 2.54. The highest BCUT2D eigenvalue weighted by molar-refractivity contribution is 5.97. The summed E-state index contributed by atoms with van der Waals surface area (Å²) in [5, 5.41) is 11.1. The monoisotopic (exact) mass is 183 g/mol. The molecule has 0 atom stereocenters. The maximum atomic E-state index is 12.9. The molecule has 0 radical (unpaired) electrons. The van der Waals surface area contributed by atoms with Crippen LogP contribution in [0.5, 0.6) is 0 Å². The van der Waals surface area contributed by atoms with Gasteiger partial charge in [-0.25, -0.2) is 4.39 Å². The molecule has 0 aliphatic rings. The van der Waals surface area contributed by atoms with Crippen molar-refractivity contribution in [2.45, 2.75) is 6.54 Å². The van der Waals surface area contributed by atoms with Crippen LogP contribution in [-0.2, 0) is 6.54 Å². The molecule has 0 bridgehead atoms. The van der Waals surface area contributed by atoms with Gasteiger partial charge in [0.2, 0.25) is 0 Å². The van der Waals surface area contributed by atoms with E-state index in [4.69, 9.17) is 16.7 Å². The average molecular weight is 183 g/mol. The first-order chi connectivity index (χ1) is 6.17. The van der Waals surface area contributed by atoms with Crippen molar-refractivity contribution in [3.8, 4) is 0 Å². The molecule has 13 heavy (non-hydrogen) atoms. The van der Waals surface area contributed by atoms with Crippen LogP contribution in [0.3, 0.4) is 0 Å². The molecule has 0 spiro atoms. The minimum Gasteiger partial charge on any atom is -0.409 e. The Balaban J connectivity index is 3.16. The Kier molecular flexibility index (Phi) is 2.81. The smallest absolute Gasteiger partial charge is 0.170 e. The molecule has 0 fully saturated rings. The number of rotatable bonds is 2. The van der Waals surface area contributed by atoms with Gasteiger partial charge in [-0.15, -0.1) is 0 Å². The zero-order valence-corrected chi connectivity index (χ0v) is 6.87. The molecule has 70 valence electrons. The first-order valence-corrected chi connectivity index (χ1v) is 3.65. The minimum absolute atomic E-state index is 0.130. The molecule has 0 saturated carbocycles. The summed E-state index contributed by atoms with van der Waals surface area (Å²) in [5.74, 6) is -0.584. The fraction of sp³-hybridized carbons (Fsp3) is 0.125. The summed E-state index contributed by atoms with van der Waals surface area (Å²) in [6, 6.07) is 4.04. The minimum atomic E-state index is -0.454. The molecule has 0 saturated heterocycles. The maximum Gasteiger partial charge on any atom is 0.170 e. The van der Waals surface area contributed by atoms with Gasteiger partial charge in [0.1, 0.15) is 5.82 Å². The third kappa shape index (κ3) is 2.16. The molecule has 5 N–H and O–H groups in total. The Morgan fingerprint density at radius 2 is 2.15 bits per heavy atom. The lowest BCUT2D eigenvalue weighted by atomic mass is 10.1. The summed E-state index contributed by atoms with van der Waals surface area (Å²) >= 11 is 0. The molecule has 4 nitrogen and oxygen atoms in total. The van der Waals surface area contributed by atoms with Gasteiger partial charge in [0.25, 0.3) is 0 Å². The molecule has 0 aliphatic heterocycles. The van der Waals surface area contributed by atoms with E-state index >= 15 is 0 Å². The van der Waals surface area contributed by atoms with Gasteiger partial charge in [-0.1, -0.05) is 5.16 Å². The van der Waals surface area contributed by atoms with E-state index < -0.39 is 5.82 Å². The summed E-state index contributed by atoms with van der Waals surface area (Å²) in [4.78, 5) is 0. The summed E-state index contributed by atoms with van der Waals surface area (Å²) in [6.07, 6.45) is 0. The van der Waals surface area contributed by atoms with E-state index in [0.29, 0.717) is 11.1 Å². The highest BCUT2D eigenvalue weighted by atomic mass is 19.1. The van der Waals surface area contributed by atoms with Crippen molar-refractivity contribution >= 4 is 5.84 Å². The molecule has 1 aromatic carbocycles. The molecule has 0 amide bonds. The first kappa shape index (κ1) is 9.47. The van der Waals surface area contributed by atoms with E-state index in [-0.39, 0.29) is 12.4 Å². The number of oxime groups is 1. The molecule has 0 unspecified atom stereocenters. The molecule has 5 heteroatoms. The van der Waals surface area contributed by atoms with Crippen molar-refractivity contribution in [1.29, 1.82) is 0 Å². The number of benzene rings is 1. The van der Waals surface area contributed by atoms with Crippen molar-refractivity contribution in [2.75, 3.05) is 0 Å². The molecule has 0 aromatic heterocycles. The summed E-state index contributed by atoms with van der Waals surface area (Å²) < 4.78 is 12.9. The van der Waals surface area contributed by atoms with Crippen LogP contribution >= 0.6 is 0 Å². The van der Waals surface area contributed by atoms with Gasteiger partial charge in [-0.05, 0) is 23.8 Å². The number of nitrogens with two attached hydrogens (primary N) is 2. The lowest BCUT2D eigenvalue weighted by molar-refractivity contribution is 0.318. The number of nitrogens with zero attached hydrogens (tertiary/aromatic N) is 1. The number of hydrogen-bond donors (Lipinski definition) is 3. The lowest BCUT2D eigenvalue weighted by Gasteiger charge is -2.02. The van der Waals surface area contributed by atoms with E-state index in [1.54, 1.807) is 6.07 Å². The van der Waals surface area contributed by atoms with Crippen molar-refractivity contribution in [2.24, 2.45) is 16.6 Å². The zero-order valence-electron chi connectivity index (χ0n) is 6.87. The Labute approximate surface area is 74.7 Å². The van der Waals surface area contributed by atoms with Crippen molar-refractivity contribution in [1.82, 2.24) is 0 Å². The van der Waals surface area contributed by atoms with E-state index in [1.807, 2.05) is 0 Å². The van der Waals surface area contributed by atoms with Crippen LogP contribution in [0.1, 0.15) is 11.1 Å². The second-order valence-corrected chi connectivity index (χ2v) is 2.54. The Morgan fingerprint density at radius 1 is 1.46 bits per heavy atom. The van der Waals surface area contributed by atoms with Crippen molar-refractivity contribution in [3.05, 3.63) is 35.1 Å². The highest BCUT2D eigenvalue weighted by Gasteiger charge is 2.03. The van der Waals surface area contributed by atoms with E-state index in [0.717, 1.165) is 0 Å². The van der Waals surface area contributed by atoms with Crippen LogP contribution in [0.15, 0.2) is 23.4 Å². The fourth-order valence-corrected chi connectivity index (χ4v) is 0.974. The number of halogens is 1. The predicted molar refractivity (Wildman–Crippen MR) is 46.8 cm³/mol. The van der Waals surface area contributed by atoms with Crippen molar-refractivity contribution < 1.29 is 9.60 Å². The molecule has 1 rings (SSSR count). The largest absolute Gasteiger partial charge is 0.409 e. The highest BCUT2D eigenvalue weighted by Crippen LogP contribution is 2.08. The Hall–Kier alpha value is -1.62. The average Bonchev–Trinajstić information content (AvgIpc) is 2.15. The van der Waals surface area contributed by atoms with Crippen LogP contribution in [0.25, 0.3) is 0 Å². The molecule has 0 aliphatic carbocycles. The Morgan fingerprint density at radius 3 is 2.69 bits per heavy atom. The van der Waals surface area contributed by atoms with Gasteiger partial charge in [0, 0.05) is 12.1 Å². The summed E-state index contributed by atoms with van der Waals surface area (Å²) in [5.41, 5.74) is 11.5. The van der Waals surface area contributed by atoms with E-state index in [1.165, 1.54) is 12.1 Å². The van der Waals surface area contributed by atoms with Crippen LogP contribution in [-0.4, -0.2) is 11.0 Å². The third-order valence-corrected chi connectivity index (χ3v) is 1.60. The molecule has 1 aromatic rings. The quantitative estimate of drug-likeness (QED) is 0.268. The Bertz CT molecular complexity index is 338. The van der Waals surface area contributed by atoms with Crippen molar-refractivity contribution in [3.63, 3.8) is 0 Å². The van der Waals surface area contributed by atoms with Gasteiger partial charge >= 0.3 is 0 Å². The van der Waals surface area contributed by atoms with E-state index in [2.05, 4.69) is 5.16 Å². The summed E-state index contributed by atoms with van der Waals surface area (Å²) in [7, 11) is 0. The normalized spacial score (nSPS) is 11.7. The molecule has 0 heterocycles. The molecular formula is C8H10FN3O. The first-order valence-electron chi connectivity index (χ1n) is 3.65. The van der Waals surface area contributed by atoms with Gasteiger partial charge in [0.05, 0.1) is 0 Å². The number of hydrogen-bond acceptors (Lipinski definition) is 3. The second kappa shape index (κ2) is 3.86. The van der Waals surface area contributed by atoms with Gasteiger partial charge in [0.15, 0.2) is 5.84 Å². The third-order valence-electron chi connectivity index (χ3n) is 1.60. The topological polar surface area (TPSA) is 84.6 Å². The number of amidine groups is 1. The van der Waals surface area contributed by atoms with Crippen LogP contribution in [0.2, 0.25) is 0 Å². The van der Waals surface area contributed by atoms with Gasteiger partial charge in [-0.3, -0.25) is 0 Å². The maximum absolute atomic E-state index is 12.9. The predicted octanol–water partition coefficient (Wildman–Crippen LogP) is 0.379. The van der Waals surface area contributed by atoms with Gasteiger partial charge in [-0.2, -0.15) is 0 Å². The van der Waals surface area contributed by atoms with Crippen LogP contribution < -0.4 is 11.5 Å². The SMILES string of the molecule is NCc1cc(F)cc(/C(N)=N/O)c1. The fourth-order valence-electron chi connectivity index (χ4n) is 0.974. The lowest BCUT2D eigenvalue weighted by Crippen LogP contribution is -2.14.